The van der Waals surface area contributed by atoms with Crippen molar-refractivity contribution in [3.05, 3.63) is 210 Å². The Labute approximate surface area is 333 Å². The number of halogens is 2. The largest absolute Gasteiger partial charge is 1.00 e. The van der Waals surface area contributed by atoms with Crippen molar-refractivity contribution in [1.29, 1.82) is 0 Å². The van der Waals surface area contributed by atoms with Gasteiger partial charge in [-0.15, -0.1) is 0 Å². The smallest absolute Gasteiger partial charge is 1.00 e. The first kappa shape index (κ1) is 35.1. The Bertz CT molecular complexity index is 2500. The van der Waals surface area contributed by atoms with E-state index in [1.165, 1.54) is 72.6 Å². The van der Waals surface area contributed by atoms with Crippen LogP contribution in [0.25, 0.3) is 56.0 Å². The topological polar surface area (TPSA) is 25.8 Å². The van der Waals surface area contributed by atoms with Crippen LogP contribution in [0.3, 0.4) is 0 Å². The van der Waals surface area contributed by atoms with E-state index < -0.39 is 23.2 Å². The van der Waals surface area contributed by atoms with E-state index in [0.29, 0.717) is 0 Å². The van der Waals surface area contributed by atoms with Crippen LogP contribution in [0.1, 0.15) is 45.5 Å². The molecular formula is C48H32Cl2N2Zr. The van der Waals surface area contributed by atoms with E-state index in [2.05, 4.69) is 158 Å². The van der Waals surface area contributed by atoms with E-state index in [9.17, 15) is 0 Å². The van der Waals surface area contributed by atoms with Crippen molar-refractivity contribution in [3.8, 4) is 22.3 Å². The number of aromatic nitrogens is 2. The Morgan fingerprint density at radius 2 is 0.830 bits per heavy atom. The van der Waals surface area contributed by atoms with Gasteiger partial charge in [-0.25, -0.2) is 0 Å². The van der Waals surface area contributed by atoms with Gasteiger partial charge in [0.2, 0.25) is 0 Å². The second kappa shape index (κ2) is 14.8. The minimum Gasteiger partial charge on any atom is -1.00 e. The predicted octanol–water partition coefficient (Wildman–Crippen LogP) is 5.88. The van der Waals surface area contributed by atoms with Gasteiger partial charge in [0.1, 0.15) is 0 Å². The van der Waals surface area contributed by atoms with Gasteiger partial charge in [0, 0.05) is 0 Å². The zero-order valence-electron chi connectivity index (χ0n) is 28.6. The summed E-state index contributed by atoms with van der Waals surface area (Å²) in [7, 11) is 0. The van der Waals surface area contributed by atoms with Gasteiger partial charge in [0.15, 0.2) is 0 Å². The summed E-state index contributed by atoms with van der Waals surface area (Å²) in [5.41, 5.74) is 12.7. The molecule has 2 aliphatic rings. The number of fused-ring (bicyclic) bond motifs is 4. The van der Waals surface area contributed by atoms with Crippen molar-refractivity contribution >= 4 is 33.7 Å². The Morgan fingerprint density at radius 1 is 0.396 bits per heavy atom. The molecule has 2 aromatic heterocycles. The van der Waals surface area contributed by atoms with E-state index in [-0.39, 0.29) is 36.6 Å². The van der Waals surface area contributed by atoms with Crippen LogP contribution in [0.4, 0.5) is 0 Å². The molecule has 2 atom stereocenters. The van der Waals surface area contributed by atoms with Crippen LogP contribution in [0.5, 0.6) is 0 Å². The van der Waals surface area contributed by atoms with Crippen molar-refractivity contribution in [2.75, 3.05) is 0 Å². The number of pyridine rings is 2. The van der Waals surface area contributed by atoms with Crippen molar-refractivity contribution in [1.82, 2.24) is 9.97 Å². The molecule has 0 saturated heterocycles. The summed E-state index contributed by atoms with van der Waals surface area (Å²) >= 11 is -1.36. The summed E-state index contributed by atoms with van der Waals surface area (Å²) in [5, 5.41) is 5.06. The van der Waals surface area contributed by atoms with Gasteiger partial charge in [-0.2, -0.15) is 0 Å². The third-order valence-electron chi connectivity index (χ3n) is 10.5. The van der Waals surface area contributed by atoms with E-state index in [1.54, 1.807) is 0 Å². The van der Waals surface area contributed by atoms with Gasteiger partial charge in [-0.05, 0) is 0 Å². The van der Waals surface area contributed by atoms with Gasteiger partial charge in [-0.3, -0.25) is 0 Å². The number of hydrogen-bond donors (Lipinski definition) is 0. The number of hydrogen-bond acceptors (Lipinski definition) is 2. The maximum atomic E-state index is 4.98. The molecule has 53 heavy (non-hydrogen) atoms. The fourth-order valence-corrected chi connectivity index (χ4v) is 12.2. The molecule has 0 amide bonds. The van der Waals surface area contributed by atoms with Gasteiger partial charge in [0.05, 0.1) is 0 Å². The van der Waals surface area contributed by atoms with Crippen LogP contribution in [-0.2, 0) is 23.2 Å². The van der Waals surface area contributed by atoms with Gasteiger partial charge in [0.25, 0.3) is 0 Å². The molecule has 0 radical (unpaired) electrons. The van der Waals surface area contributed by atoms with E-state index in [4.69, 9.17) is 9.97 Å². The first-order chi connectivity index (χ1) is 25.3. The molecule has 8 aromatic rings. The Morgan fingerprint density at radius 3 is 1.26 bits per heavy atom. The third-order valence-corrected chi connectivity index (χ3v) is 14.0. The predicted molar refractivity (Wildman–Crippen MR) is 207 cm³/mol. The maximum Gasteiger partial charge on any atom is -1.00 e. The van der Waals surface area contributed by atoms with Crippen LogP contribution >= 0.6 is 0 Å². The summed E-state index contributed by atoms with van der Waals surface area (Å²) < 4.78 is 3.07. The number of nitrogens with zero attached hydrogens (tertiary/aromatic N) is 2. The average Bonchev–Trinajstić information content (AvgIpc) is 3.76. The van der Waals surface area contributed by atoms with E-state index in [1.807, 2.05) is 24.5 Å². The fraction of sp³-hybridized carbons (Fsp3) is 0.0417. The second-order valence-corrected chi connectivity index (χ2v) is 16.9. The molecule has 0 bridgehead atoms. The summed E-state index contributed by atoms with van der Waals surface area (Å²) in [4.78, 5) is 9.96. The van der Waals surface area contributed by atoms with Crippen molar-refractivity contribution in [2.24, 2.45) is 0 Å². The molecule has 0 saturated carbocycles. The van der Waals surface area contributed by atoms with Gasteiger partial charge >= 0.3 is 311 Å². The molecular weight excluding hydrogens is 767 g/mol. The monoisotopic (exact) mass is 796 g/mol. The summed E-state index contributed by atoms with van der Waals surface area (Å²) in [5.74, 6) is 0.282. The molecule has 0 fully saturated rings. The Kier molecular flexibility index (Phi) is 9.84. The molecule has 2 heterocycles. The number of benzene rings is 6. The van der Waals surface area contributed by atoms with Gasteiger partial charge < -0.3 is 24.8 Å². The Hall–Kier alpha value is -4.92. The molecule has 0 spiro atoms. The standard InChI is InChI=1S/2C24H16N.2ClH.Zr/c2*1-2-7-18-16-19(12-11-17(18)6-1)20-8-5-9-21-22(20)13-14-23(21)24-10-3-4-15-25-24;;;/h2*1-13,15-16,23H;2*1H;/q;;;;+2/p-2. The van der Waals surface area contributed by atoms with E-state index >= 15 is 0 Å². The van der Waals surface area contributed by atoms with Crippen LogP contribution in [0.2, 0.25) is 0 Å². The van der Waals surface area contributed by atoms with Crippen molar-refractivity contribution in [3.63, 3.8) is 0 Å². The van der Waals surface area contributed by atoms with Crippen molar-refractivity contribution in [2.45, 2.75) is 11.8 Å². The number of rotatable bonds is 6. The third kappa shape index (κ3) is 6.32. The average molecular weight is 799 g/mol. The molecule has 6 aromatic carbocycles. The summed E-state index contributed by atoms with van der Waals surface area (Å²) in [6.07, 6.45) is 8.96. The Balaban J connectivity index is 0.00000200. The number of allylic oxidation sites excluding steroid dienone is 2. The molecule has 0 aliphatic heterocycles. The summed E-state index contributed by atoms with van der Waals surface area (Å²) in [6.45, 7) is 0. The van der Waals surface area contributed by atoms with Crippen LogP contribution in [-0.4, -0.2) is 9.97 Å². The van der Waals surface area contributed by atoms with Crippen LogP contribution in [0.15, 0.2) is 177 Å². The molecule has 2 aliphatic carbocycles. The normalized spacial score (nSPS) is 15.4. The molecule has 2 unspecified atom stereocenters. The minimum atomic E-state index is -1.36. The quantitative estimate of drug-likeness (QED) is 0.210. The SMILES string of the molecule is C1=[C]([Zr+2][C]2=Cc3c(-c4ccc5ccccc5c4)cccc3C2c2ccccn2)C(c2ccccn2)c2cccc(-c3ccc4ccccc4c3)c21.[Cl-].[Cl-]. The van der Waals surface area contributed by atoms with E-state index in [0.717, 1.165) is 11.4 Å². The summed E-state index contributed by atoms with van der Waals surface area (Å²) in [6, 6.07) is 57.5. The maximum absolute atomic E-state index is 4.98. The zero-order valence-corrected chi connectivity index (χ0v) is 32.6. The molecule has 0 N–H and O–H groups in total. The second-order valence-electron chi connectivity index (χ2n) is 13.4. The molecule has 2 nitrogen and oxygen atoms in total. The fourth-order valence-electron chi connectivity index (χ4n) is 8.14. The molecule has 5 heteroatoms. The van der Waals surface area contributed by atoms with Gasteiger partial charge in [-0.1, -0.05) is 0 Å². The first-order valence-corrected chi connectivity index (χ1v) is 20.0. The first-order valence-electron chi connectivity index (χ1n) is 17.5. The van der Waals surface area contributed by atoms with Crippen LogP contribution in [0, 0.1) is 0 Å². The zero-order chi connectivity index (χ0) is 33.7. The minimum absolute atomic E-state index is 0. The van der Waals surface area contributed by atoms with Crippen LogP contribution < -0.4 is 24.8 Å². The molecule has 252 valence electrons. The van der Waals surface area contributed by atoms with Crippen molar-refractivity contribution < 1.29 is 48.0 Å². The molecule has 10 rings (SSSR count).